The Morgan fingerprint density at radius 2 is 1.55 bits per heavy atom. The molecule has 1 fully saturated rings. The van der Waals surface area contributed by atoms with Crippen LogP contribution in [0.25, 0.3) is 0 Å². The van der Waals surface area contributed by atoms with Gasteiger partial charge in [0.05, 0.1) is 6.61 Å². The maximum atomic E-state index is 13.0. The molecule has 0 radical (unpaired) electrons. The van der Waals surface area contributed by atoms with Gasteiger partial charge in [-0.15, -0.1) is 13.2 Å². The third-order valence-electron chi connectivity index (χ3n) is 5.86. The zero-order valence-electron chi connectivity index (χ0n) is 18.0. The van der Waals surface area contributed by atoms with Crippen LogP contribution in [0.3, 0.4) is 0 Å². The fourth-order valence-electron chi connectivity index (χ4n) is 4.27. The summed E-state index contributed by atoms with van der Waals surface area (Å²) in [5.74, 6) is -0.323. The first-order valence-corrected chi connectivity index (χ1v) is 10.8. The van der Waals surface area contributed by atoms with Crippen molar-refractivity contribution >= 4 is 0 Å². The van der Waals surface area contributed by atoms with Gasteiger partial charge in [0.15, 0.2) is 0 Å². The minimum atomic E-state index is -4.82. The highest BCUT2D eigenvalue weighted by Gasteiger charge is 2.43. The maximum absolute atomic E-state index is 13.0. The molecule has 3 aromatic carbocycles. The summed E-state index contributed by atoms with van der Waals surface area (Å²) in [4.78, 5) is 2.19. The van der Waals surface area contributed by atoms with Gasteiger partial charge in [0, 0.05) is 26.1 Å². The molecule has 0 aliphatic carbocycles. The Morgan fingerprint density at radius 1 is 0.909 bits per heavy atom. The number of benzene rings is 3. The molecule has 174 valence electrons. The SMILES string of the molecule is O[C@](Cc1ccccc1OC(F)(F)F)(c1ccccc1)C1CN(Cc2ccccc2)CCO1. The van der Waals surface area contributed by atoms with E-state index in [1.807, 2.05) is 36.4 Å². The Labute approximate surface area is 191 Å². The predicted octanol–water partition coefficient (Wildman–Crippen LogP) is 4.92. The first-order valence-electron chi connectivity index (χ1n) is 10.8. The summed E-state index contributed by atoms with van der Waals surface area (Å²) in [6, 6.07) is 24.9. The number of halogens is 3. The number of ether oxygens (including phenoxy) is 2. The van der Waals surface area contributed by atoms with Crippen LogP contribution in [0, 0.1) is 0 Å². The molecule has 3 aromatic rings. The van der Waals surface area contributed by atoms with Crippen LogP contribution in [0.4, 0.5) is 13.2 Å². The molecule has 0 aromatic heterocycles. The highest BCUT2D eigenvalue weighted by Crippen LogP contribution is 2.37. The Hall–Kier alpha value is -2.87. The summed E-state index contributed by atoms with van der Waals surface area (Å²) in [5, 5.41) is 12.0. The first-order chi connectivity index (χ1) is 15.8. The smallest absolute Gasteiger partial charge is 0.406 e. The van der Waals surface area contributed by atoms with Crippen LogP contribution >= 0.6 is 0 Å². The monoisotopic (exact) mass is 457 g/mol. The van der Waals surface area contributed by atoms with Gasteiger partial charge in [0.1, 0.15) is 17.5 Å². The van der Waals surface area contributed by atoms with E-state index in [0.717, 1.165) is 5.56 Å². The fraction of sp³-hybridized carbons (Fsp3) is 0.308. The summed E-state index contributed by atoms with van der Waals surface area (Å²) in [5.41, 5.74) is 0.426. The van der Waals surface area contributed by atoms with Crippen LogP contribution in [0.15, 0.2) is 84.9 Å². The number of aliphatic hydroxyl groups is 1. The number of alkyl halides is 3. The van der Waals surface area contributed by atoms with Crippen molar-refractivity contribution in [2.45, 2.75) is 31.0 Å². The molecule has 0 saturated carbocycles. The normalized spacial score (nSPS) is 19.1. The summed E-state index contributed by atoms with van der Waals surface area (Å²) >= 11 is 0. The van der Waals surface area contributed by atoms with Gasteiger partial charge in [0.25, 0.3) is 0 Å². The largest absolute Gasteiger partial charge is 0.573 e. The average molecular weight is 457 g/mol. The number of rotatable bonds is 7. The van der Waals surface area contributed by atoms with Crippen LogP contribution < -0.4 is 4.74 Å². The molecule has 1 N–H and O–H groups in total. The van der Waals surface area contributed by atoms with Crippen molar-refractivity contribution in [3.05, 3.63) is 102 Å². The van der Waals surface area contributed by atoms with Crippen LogP contribution in [-0.2, 0) is 23.3 Å². The zero-order chi connectivity index (χ0) is 23.3. The second kappa shape index (κ2) is 9.95. The van der Waals surface area contributed by atoms with Crippen molar-refractivity contribution in [3.8, 4) is 5.75 Å². The van der Waals surface area contributed by atoms with E-state index < -0.39 is 18.1 Å². The van der Waals surface area contributed by atoms with Crippen LogP contribution in [-0.4, -0.2) is 42.2 Å². The molecule has 1 heterocycles. The van der Waals surface area contributed by atoms with Gasteiger partial charge in [-0.2, -0.15) is 0 Å². The van der Waals surface area contributed by atoms with Crippen molar-refractivity contribution in [2.75, 3.05) is 19.7 Å². The third-order valence-corrected chi connectivity index (χ3v) is 5.86. The van der Waals surface area contributed by atoms with E-state index in [0.29, 0.717) is 31.8 Å². The molecule has 7 heteroatoms. The van der Waals surface area contributed by atoms with E-state index in [-0.39, 0.29) is 17.7 Å². The topological polar surface area (TPSA) is 41.9 Å². The van der Waals surface area contributed by atoms with E-state index in [1.54, 1.807) is 36.4 Å². The third kappa shape index (κ3) is 5.93. The second-order valence-corrected chi connectivity index (χ2v) is 8.20. The van der Waals surface area contributed by atoms with Crippen molar-refractivity contribution in [1.82, 2.24) is 4.90 Å². The number of hydrogen-bond donors (Lipinski definition) is 1. The number of nitrogens with zero attached hydrogens (tertiary/aromatic N) is 1. The standard InChI is InChI=1S/C26H26F3NO3/c27-26(28,29)33-23-14-8-7-11-21(23)17-25(31,22-12-5-2-6-13-22)24-19-30(15-16-32-24)18-20-9-3-1-4-10-20/h1-14,24,31H,15-19H2/t24?,25-/m1/s1. The van der Waals surface area contributed by atoms with Crippen LogP contribution in [0.1, 0.15) is 16.7 Å². The molecule has 4 nitrogen and oxygen atoms in total. The molecule has 1 saturated heterocycles. The van der Waals surface area contributed by atoms with E-state index in [2.05, 4.69) is 9.64 Å². The average Bonchev–Trinajstić information content (AvgIpc) is 2.81. The van der Waals surface area contributed by atoms with Crippen molar-refractivity contribution in [3.63, 3.8) is 0 Å². The van der Waals surface area contributed by atoms with Gasteiger partial charge in [0.2, 0.25) is 0 Å². The molecule has 1 aliphatic heterocycles. The molecule has 1 aliphatic rings. The van der Waals surface area contributed by atoms with Crippen molar-refractivity contribution in [1.29, 1.82) is 0 Å². The lowest BCUT2D eigenvalue weighted by Crippen LogP contribution is -2.53. The minimum Gasteiger partial charge on any atom is -0.406 e. The van der Waals surface area contributed by atoms with Crippen molar-refractivity contribution < 1.29 is 27.8 Å². The molecule has 0 amide bonds. The molecule has 4 rings (SSSR count). The van der Waals surface area contributed by atoms with Gasteiger partial charge >= 0.3 is 6.36 Å². The molecule has 1 unspecified atom stereocenters. The Bertz CT molecular complexity index is 1030. The lowest BCUT2D eigenvalue weighted by Gasteiger charge is -2.42. The Morgan fingerprint density at radius 3 is 2.24 bits per heavy atom. The van der Waals surface area contributed by atoms with Crippen LogP contribution in [0.2, 0.25) is 0 Å². The maximum Gasteiger partial charge on any atom is 0.573 e. The van der Waals surface area contributed by atoms with Gasteiger partial charge in [-0.3, -0.25) is 4.90 Å². The summed E-state index contributed by atoms with van der Waals surface area (Å²) < 4.78 is 49.2. The quantitative estimate of drug-likeness (QED) is 0.547. The molecule has 0 spiro atoms. The molecule has 0 bridgehead atoms. The molecular weight excluding hydrogens is 431 g/mol. The van der Waals surface area contributed by atoms with Gasteiger partial charge < -0.3 is 14.6 Å². The first kappa shape index (κ1) is 23.3. The fourth-order valence-corrected chi connectivity index (χ4v) is 4.27. The van der Waals surface area contributed by atoms with Gasteiger partial charge in [-0.25, -0.2) is 0 Å². The summed E-state index contributed by atoms with van der Waals surface area (Å²) in [6.45, 7) is 2.24. The van der Waals surface area contributed by atoms with E-state index in [9.17, 15) is 18.3 Å². The summed E-state index contributed by atoms with van der Waals surface area (Å²) in [6.07, 6.45) is -5.56. The lowest BCUT2D eigenvalue weighted by molar-refractivity contribution is -0.275. The van der Waals surface area contributed by atoms with E-state index in [4.69, 9.17) is 4.74 Å². The molecular formula is C26H26F3NO3. The highest BCUT2D eigenvalue weighted by atomic mass is 19.4. The predicted molar refractivity (Wildman–Crippen MR) is 119 cm³/mol. The van der Waals surface area contributed by atoms with Gasteiger partial charge in [-0.05, 0) is 22.8 Å². The number of hydrogen-bond acceptors (Lipinski definition) is 4. The summed E-state index contributed by atoms with van der Waals surface area (Å²) in [7, 11) is 0. The Kier molecular flexibility index (Phi) is 7.02. The highest BCUT2D eigenvalue weighted by molar-refractivity contribution is 5.37. The lowest BCUT2D eigenvalue weighted by atomic mass is 9.81. The number of morpholine rings is 1. The second-order valence-electron chi connectivity index (χ2n) is 8.20. The van der Waals surface area contributed by atoms with Gasteiger partial charge in [-0.1, -0.05) is 78.9 Å². The van der Waals surface area contributed by atoms with Crippen LogP contribution in [0.5, 0.6) is 5.75 Å². The molecule has 33 heavy (non-hydrogen) atoms. The minimum absolute atomic E-state index is 0.0902. The van der Waals surface area contributed by atoms with E-state index in [1.165, 1.54) is 12.1 Å². The van der Waals surface area contributed by atoms with E-state index >= 15 is 0 Å². The number of para-hydroxylation sites is 1. The molecule has 2 atom stereocenters. The Balaban J connectivity index is 1.63. The van der Waals surface area contributed by atoms with Crippen molar-refractivity contribution in [2.24, 2.45) is 0 Å². The zero-order valence-corrected chi connectivity index (χ0v) is 18.0.